The van der Waals surface area contributed by atoms with Crippen molar-refractivity contribution in [3.8, 4) is 11.4 Å². The smallest absolute Gasteiger partial charge is 0.225 e. The molecule has 1 saturated carbocycles. The number of benzene rings is 1. The number of nitrogens with one attached hydrogen (secondary N) is 3. The van der Waals surface area contributed by atoms with Crippen LogP contribution < -0.4 is 11.1 Å². The molecule has 1 fully saturated rings. The molecule has 1 aromatic carbocycles. The molecule has 0 saturated heterocycles. The highest BCUT2D eigenvalue weighted by atomic mass is 15.2. The summed E-state index contributed by atoms with van der Waals surface area (Å²) in [6, 6.07) is 10.5. The van der Waals surface area contributed by atoms with Gasteiger partial charge in [-0.2, -0.15) is 10.1 Å². The number of hydrogen-bond donors (Lipinski definition) is 4. The summed E-state index contributed by atoms with van der Waals surface area (Å²) in [6.07, 6.45) is 4.40. The molecule has 0 amide bonds. The van der Waals surface area contributed by atoms with Crippen LogP contribution >= 0.6 is 0 Å². The molecular formula is C21H23N7. The SMILES string of the molecule is Cc1c(N)nc(N[C@@H](C)c2ccc3[nH]ccc3c2)nc1-c1cc(C2CC2)[nH]n1. The Balaban J connectivity index is 1.44. The minimum atomic E-state index is 0.0375. The quantitative estimate of drug-likeness (QED) is 0.417. The van der Waals surface area contributed by atoms with Gasteiger partial charge < -0.3 is 16.0 Å². The standard InChI is InChI=1S/C21H23N7/c1-11-19(18-10-17(27-28-18)13-3-4-13)25-21(26-20(11)22)24-12(2)14-5-6-16-15(9-14)7-8-23-16/h5-10,12-13,23H,3-4H2,1-2H3,(H,27,28)(H3,22,24,25,26)/t12-/m0/s1. The summed E-state index contributed by atoms with van der Waals surface area (Å²) in [5.41, 5.74) is 12.1. The molecule has 1 aliphatic carbocycles. The first-order valence-electron chi connectivity index (χ1n) is 9.62. The lowest BCUT2D eigenvalue weighted by molar-refractivity contribution is 0.862. The molecule has 3 heterocycles. The number of aromatic amines is 2. The summed E-state index contributed by atoms with van der Waals surface area (Å²) in [5, 5.41) is 12.2. The van der Waals surface area contributed by atoms with Crippen LogP contribution in [0.4, 0.5) is 11.8 Å². The third kappa shape index (κ3) is 2.98. The Hall–Kier alpha value is -3.35. The summed E-state index contributed by atoms with van der Waals surface area (Å²) >= 11 is 0. The van der Waals surface area contributed by atoms with Gasteiger partial charge in [-0.1, -0.05) is 6.07 Å². The zero-order valence-electron chi connectivity index (χ0n) is 16.0. The number of fused-ring (bicyclic) bond motifs is 1. The van der Waals surface area contributed by atoms with Crippen LogP contribution in [0, 0.1) is 6.92 Å². The van der Waals surface area contributed by atoms with Gasteiger partial charge in [-0.3, -0.25) is 5.10 Å². The number of nitrogens with zero attached hydrogens (tertiary/aromatic N) is 3. The van der Waals surface area contributed by atoms with Crippen molar-refractivity contribution in [1.82, 2.24) is 25.1 Å². The summed E-state index contributed by atoms with van der Waals surface area (Å²) in [4.78, 5) is 12.4. The van der Waals surface area contributed by atoms with E-state index in [4.69, 9.17) is 10.7 Å². The van der Waals surface area contributed by atoms with Gasteiger partial charge in [-0.15, -0.1) is 0 Å². The minimum absolute atomic E-state index is 0.0375. The number of hydrogen-bond acceptors (Lipinski definition) is 5. The van der Waals surface area contributed by atoms with Crippen molar-refractivity contribution in [2.45, 2.75) is 38.6 Å². The summed E-state index contributed by atoms with van der Waals surface area (Å²) in [7, 11) is 0. The number of nitrogen functional groups attached to an aromatic ring is 1. The molecule has 0 spiro atoms. The maximum Gasteiger partial charge on any atom is 0.225 e. The van der Waals surface area contributed by atoms with Crippen LogP contribution in [0.15, 0.2) is 36.5 Å². The lowest BCUT2D eigenvalue weighted by Gasteiger charge is -2.16. The molecule has 5 rings (SSSR count). The van der Waals surface area contributed by atoms with Gasteiger partial charge in [0.25, 0.3) is 0 Å². The normalized spacial score (nSPS) is 15.1. The molecule has 0 radical (unpaired) electrons. The van der Waals surface area contributed by atoms with Crippen LogP contribution in [0.2, 0.25) is 0 Å². The van der Waals surface area contributed by atoms with E-state index in [9.17, 15) is 0 Å². The fourth-order valence-corrected chi connectivity index (χ4v) is 3.53. The van der Waals surface area contributed by atoms with Gasteiger partial charge in [0.1, 0.15) is 17.2 Å². The predicted octanol–water partition coefficient (Wildman–Crippen LogP) is 4.29. The summed E-state index contributed by atoms with van der Waals surface area (Å²) in [5.74, 6) is 1.59. The third-order valence-electron chi connectivity index (χ3n) is 5.46. The second-order valence-electron chi connectivity index (χ2n) is 7.58. The van der Waals surface area contributed by atoms with Crippen LogP contribution in [0.3, 0.4) is 0 Å². The van der Waals surface area contributed by atoms with Crippen LogP contribution in [0.1, 0.15) is 48.5 Å². The molecular weight excluding hydrogens is 350 g/mol. The predicted molar refractivity (Wildman–Crippen MR) is 111 cm³/mol. The summed E-state index contributed by atoms with van der Waals surface area (Å²) < 4.78 is 0. The number of rotatable bonds is 5. The third-order valence-corrected chi connectivity index (χ3v) is 5.46. The molecule has 0 aliphatic heterocycles. The Morgan fingerprint density at radius 1 is 1.18 bits per heavy atom. The van der Waals surface area contributed by atoms with Crippen molar-refractivity contribution in [1.29, 1.82) is 0 Å². The number of anilines is 2. The van der Waals surface area contributed by atoms with Gasteiger partial charge in [0.05, 0.1) is 6.04 Å². The van der Waals surface area contributed by atoms with E-state index in [-0.39, 0.29) is 6.04 Å². The molecule has 1 aliphatic rings. The molecule has 7 nitrogen and oxygen atoms in total. The van der Waals surface area contributed by atoms with E-state index in [0.717, 1.165) is 28.0 Å². The highest BCUT2D eigenvalue weighted by Crippen LogP contribution is 2.40. The first kappa shape index (κ1) is 16.8. The lowest BCUT2D eigenvalue weighted by atomic mass is 10.1. The highest BCUT2D eigenvalue weighted by Gasteiger charge is 2.26. The number of nitrogens with two attached hydrogens (primary N) is 1. The average molecular weight is 373 g/mol. The van der Waals surface area contributed by atoms with E-state index in [1.165, 1.54) is 23.9 Å². The van der Waals surface area contributed by atoms with Crippen molar-refractivity contribution in [2.75, 3.05) is 11.1 Å². The Morgan fingerprint density at radius 3 is 2.86 bits per heavy atom. The van der Waals surface area contributed by atoms with Crippen LogP contribution in [0.5, 0.6) is 0 Å². The van der Waals surface area contributed by atoms with Crippen LogP contribution in [-0.2, 0) is 0 Å². The van der Waals surface area contributed by atoms with Gasteiger partial charge in [0, 0.05) is 28.9 Å². The zero-order valence-corrected chi connectivity index (χ0v) is 16.0. The molecule has 3 aromatic heterocycles. The molecule has 28 heavy (non-hydrogen) atoms. The van der Waals surface area contributed by atoms with Crippen molar-refractivity contribution in [2.24, 2.45) is 0 Å². The van der Waals surface area contributed by atoms with Gasteiger partial charge in [0.15, 0.2) is 0 Å². The first-order valence-corrected chi connectivity index (χ1v) is 9.62. The number of aromatic nitrogens is 5. The molecule has 4 aromatic rings. The minimum Gasteiger partial charge on any atom is -0.383 e. The van der Waals surface area contributed by atoms with Crippen molar-refractivity contribution in [3.63, 3.8) is 0 Å². The molecule has 0 unspecified atom stereocenters. The molecule has 142 valence electrons. The van der Waals surface area contributed by atoms with E-state index in [1.54, 1.807) is 0 Å². The topological polar surface area (TPSA) is 108 Å². The molecule has 1 atom stereocenters. The second kappa shape index (κ2) is 6.37. The summed E-state index contributed by atoms with van der Waals surface area (Å²) in [6.45, 7) is 4.02. The average Bonchev–Trinajstić information content (AvgIpc) is 3.23. The maximum absolute atomic E-state index is 6.18. The maximum atomic E-state index is 6.18. The Bertz CT molecular complexity index is 1150. The number of H-pyrrole nitrogens is 2. The zero-order chi connectivity index (χ0) is 19.3. The first-order chi connectivity index (χ1) is 13.6. The van der Waals surface area contributed by atoms with Crippen LogP contribution in [0.25, 0.3) is 22.3 Å². The van der Waals surface area contributed by atoms with Crippen LogP contribution in [-0.4, -0.2) is 25.1 Å². The lowest BCUT2D eigenvalue weighted by Crippen LogP contribution is -2.12. The van der Waals surface area contributed by atoms with Crippen molar-refractivity contribution in [3.05, 3.63) is 53.3 Å². The van der Waals surface area contributed by atoms with Gasteiger partial charge >= 0.3 is 0 Å². The van der Waals surface area contributed by atoms with Gasteiger partial charge in [0.2, 0.25) is 5.95 Å². The van der Waals surface area contributed by atoms with E-state index in [2.05, 4.69) is 62.7 Å². The Labute approximate surface area is 162 Å². The van der Waals surface area contributed by atoms with E-state index in [0.29, 0.717) is 17.7 Å². The fourth-order valence-electron chi connectivity index (χ4n) is 3.53. The van der Waals surface area contributed by atoms with E-state index in [1.807, 2.05) is 13.1 Å². The largest absolute Gasteiger partial charge is 0.383 e. The van der Waals surface area contributed by atoms with E-state index < -0.39 is 0 Å². The van der Waals surface area contributed by atoms with Crippen molar-refractivity contribution >= 4 is 22.7 Å². The molecule has 7 heteroatoms. The Morgan fingerprint density at radius 2 is 2.04 bits per heavy atom. The van der Waals surface area contributed by atoms with E-state index >= 15 is 0 Å². The fraction of sp³-hybridized carbons (Fsp3) is 0.286. The Kier molecular flexibility index (Phi) is 3.82. The second-order valence-corrected chi connectivity index (χ2v) is 7.58. The van der Waals surface area contributed by atoms with Gasteiger partial charge in [-0.25, -0.2) is 4.98 Å². The highest BCUT2D eigenvalue weighted by molar-refractivity contribution is 5.80. The monoisotopic (exact) mass is 373 g/mol. The van der Waals surface area contributed by atoms with Crippen molar-refractivity contribution < 1.29 is 0 Å². The molecule has 5 N–H and O–H groups in total. The molecule has 0 bridgehead atoms. The van der Waals surface area contributed by atoms with Gasteiger partial charge in [-0.05, 0) is 61.9 Å².